The van der Waals surface area contributed by atoms with Crippen molar-refractivity contribution in [3.63, 3.8) is 0 Å². The highest BCUT2D eigenvalue weighted by Crippen LogP contribution is 2.43. The van der Waals surface area contributed by atoms with Crippen LogP contribution in [0.5, 0.6) is 5.88 Å². The van der Waals surface area contributed by atoms with Crippen molar-refractivity contribution in [2.24, 2.45) is 10.7 Å². The molecule has 1 spiro atoms. The normalized spacial score (nSPS) is 25.1. The Balaban J connectivity index is 1.83. The number of aliphatic imine (C=N–C) groups is 1. The van der Waals surface area contributed by atoms with E-state index in [4.69, 9.17) is 15.2 Å². The first-order valence-corrected chi connectivity index (χ1v) is 7.61. The zero-order chi connectivity index (χ0) is 16.0. The summed E-state index contributed by atoms with van der Waals surface area (Å²) in [4.78, 5) is 13.3. The lowest BCUT2D eigenvalue weighted by Crippen LogP contribution is -2.36. The molecule has 0 radical (unpaired) electrons. The second-order valence-electron chi connectivity index (χ2n) is 6.02. The highest BCUT2D eigenvalue weighted by molar-refractivity contribution is 5.76. The fourth-order valence-corrected chi connectivity index (χ4v) is 3.58. The molecule has 1 aromatic carbocycles. The predicted molar refractivity (Wildman–Crippen MR) is 86.3 cm³/mol. The third kappa shape index (κ3) is 2.05. The maximum atomic E-state index is 5.79. The molecule has 1 aliphatic heterocycles. The summed E-state index contributed by atoms with van der Waals surface area (Å²) >= 11 is 0. The van der Waals surface area contributed by atoms with Gasteiger partial charge in [0.05, 0.1) is 7.11 Å². The van der Waals surface area contributed by atoms with Crippen LogP contribution in [0.3, 0.4) is 0 Å². The van der Waals surface area contributed by atoms with Crippen molar-refractivity contribution < 1.29 is 9.47 Å². The molecule has 1 aliphatic carbocycles. The Kier molecular flexibility index (Phi) is 3.01. The number of hydrogen-bond acceptors (Lipinski definition) is 6. The summed E-state index contributed by atoms with van der Waals surface area (Å²) in [6, 6.07) is 6.50. The van der Waals surface area contributed by atoms with Gasteiger partial charge < -0.3 is 15.2 Å². The van der Waals surface area contributed by atoms with Crippen molar-refractivity contribution in [2.75, 3.05) is 7.11 Å². The molecule has 2 aromatic rings. The minimum Gasteiger partial charge on any atom is -0.479 e. The average Bonchev–Trinajstić information content (AvgIpc) is 3.06. The summed E-state index contributed by atoms with van der Waals surface area (Å²) < 4.78 is 11.0. The maximum absolute atomic E-state index is 5.79. The van der Waals surface area contributed by atoms with E-state index in [-0.39, 0.29) is 17.7 Å². The average molecular weight is 310 g/mol. The van der Waals surface area contributed by atoms with Crippen LogP contribution in [0.2, 0.25) is 0 Å². The van der Waals surface area contributed by atoms with Gasteiger partial charge >= 0.3 is 0 Å². The molecule has 23 heavy (non-hydrogen) atoms. The molecular weight excluding hydrogens is 292 g/mol. The number of fused-ring (bicyclic) bond motifs is 1. The molecule has 2 N–H and O–H groups in total. The minimum atomic E-state index is -0.308. The largest absolute Gasteiger partial charge is 0.479 e. The number of amidine groups is 1. The summed E-state index contributed by atoms with van der Waals surface area (Å²) in [7, 11) is 1.61. The third-order valence-corrected chi connectivity index (χ3v) is 4.75. The van der Waals surface area contributed by atoms with Crippen LogP contribution in [-0.4, -0.2) is 34.7 Å². The topological polar surface area (TPSA) is 82.6 Å². The molecule has 0 bridgehead atoms. The zero-order valence-electron chi connectivity index (χ0n) is 13.1. The van der Waals surface area contributed by atoms with Gasteiger partial charge in [0, 0.05) is 30.8 Å². The maximum Gasteiger partial charge on any atom is 0.282 e. The quantitative estimate of drug-likeness (QED) is 0.913. The Hall–Kier alpha value is -2.63. The van der Waals surface area contributed by atoms with E-state index >= 15 is 0 Å². The van der Waals surface area contributed by atoms with Crippen LogP contribution in [0, 0.1) is 0 Å². The van der Waals surface area contributed by atoms with Gasteiger partial charge in [0.25, 0.3) is 6.02 Å². The van der Waals surface area contributed by atoms with E-state index in [0.717, 1.165) is 24.1 Å². The Labute approximate surface area is 134 Å². The number of methoxy groups -OCH3 is 1. The molecule has 0 saturated heterocycles. The fraction of sp³-hybridized carbons (Fsp3) is 0.353. The lowest BCUT2D eigenvalue weighted by atomic mass is 9.90. The van der Waals surface area contributed by atoms with Crippen LogP contribution in [0.1, 0.15) is 18.1 Å². The van der Waals surface area contributed by atoms with Crippen LogP contribution in [0.25, 0.3) is 11.3 Å². The fourth-order valence-electron chi connectivity index (χ4n) is 3.58. The monoisotopic (exact) mass is 310 g/mol. The number of nitrogens with zero attached hydrogens (tertiary/aromatic N) is 3. The van der Waals surface area contributed by atoms with Crippen LogP contribution in [-0.2, 0) is 17.6 Å². The van der Waals surface area contributed by atoms with Crippen LogP contribution < -0.4 is 10.5 Å². The van der Waals surface area contributed by atoms with Gasteiger partial charge in [-0.1, -0.05) is 18.2 Å². The van der Waals surface area contributed by atoms with Gasteiger partial charge in [-0.05, 0) is 18.1 Å². The molecule has 2 atom stereocenters. The molecule has 118 valence electrons. The van der Waals surface area contributed by atoms with Crippen molar-refractivity contribution in [1.82, 2.24) is 9.97 Å². The van der Waals surface area contributed by atoms with E-state index in [1.165, 1.54) is 11.1 Å². The lowest BCUT2D eigenvalue weighted by Gasteiger charge is -2.23. The Morgan fingerprint density at radius 3 is 2.83 bits per heavy atom. The van der Waals surface area contributed by atoms with Crippen molar-refractivity contribution in [3.8, 4) is 17.1 Å². The smallest absolute Gasteiger partial charge is 0.282 e. The minimum absolute atomic E-state index is 0.0356. The summed E-state index contributed by atoms with van der Waals surface area (Å²) in [6.45, 7) is 2.03. The van der Waals surface area contributed by atoms with E-state index in [0.29, 0.717) is 5.88 Å². The van der Waals surface area contributed by atoms with Crippen LogP contribution >= 0.6 is 0 Å². The summed E-state index contributed by atoms with van der Waals surface area (Å²) in [5.41, 5.74) is 9.76. The molecule has 2 unspecified atom stereocenters. The molecule has 6 heteroatoms. The molecule has 0 fully saturated rings. The van der Waals surface area contributed by atoms with Gasteiger partial charge in [-0.3, -0.25) is 0 Å². The Morgan fingerprint density at radius 1 is 1.26 bits per heavy atom. The first-order valence-electron chi connectivity index (χ1n) is 7.61. The van der Waals surface area contributed by atoms with Crippen molar-refractivity contribution in [2.45, 2.75) is 31.4 Å². The molecular formula is C17H18N4O2. The summed E-state index contributed by atoms with van der Waals surface area (Å²) in [5, 5.41) is 0. The van der Waals surface area contributed by atoms with Crippen LogP contribution in [0.4, 0.5) is 0 Å². The molecule has 0 amide bonds. The number of ether oxygens (including phenoxy) is 2. The molecule has 2 heterocycles. The van der Waals surface area contributed by atoms with Gasteiger partial charge in [0.1, 0.15) is 17.3 Å². The third-order valence-electron chi connectivity index (χ3n) is 4.75. The summed E-state index contributed by atoms with van der Waals surface area (Å²) in [6.07, 6.45) is 4.87. The lowest BCUT2D eigenvalue weighted by molar-refractivity contribution is 0.157. The van der Waals surface area contributed by atoms with Crippen molar-refractivity contribution in [1.29, 1.82) is 0 Å². The molecule has 0 saturated carbocycles. The van der Waals surface area contributed by atoms with E-state index in [9.17, 15) is 0 Å². The first kappa shape index (κ1) is 14.0. The predicted octanol–water partition coefficient (Wildman–Crippen LogP) is 1.72. The van der Waals surface area contributed by atoms with E-state index < -0.39 is 0 Å². The van der Waals surface area contributed by atoms with E-state index in [2.05, 4.69) is 27.1 Å². The van der Waals surface area contributed by atoms with Gasteiger partial charge in [-0.25, -0.2) is 15.0 Å². The molecule has 4 rings (SSSR count). The van der Waals surface area contributed by atoms with Crippen molar-refractivity contribution in [3.05, 3.63) is 41.7 Å². The number of benzene rings is 1. The van der Waals surface area contributed by atoms with Gasteiger partial charge in [0.2, 0.25) is 5.88 Å². The van der Waals surface area contributed by atoms with Gasteiger partial charge in [-0.2, -0.15) is 0 Å². The second kappa shape index (κ2) is 4.94. The second-order valence-corrected chi connectivity index (χ2v) is 6.02. The molecule has 6 nitrogen and oxygen atoms in total. The summed E-state index contributed by atoms with van der Waals surface area (Å²) in [5.74, 6) is 0.528. The van der Waals surface area contributed by atoms with Gasteiger partial charge in [-0.15, -0.1) is 0 Å². The van der Waals surface area contributed by atoms with Gasteiger partial charge in [0.15, 0.2) is 0 Å². The number of hydrogen-bond donors (Lipinski definition) is 1. The first-order chi connectivity index (χ1) is 11.1. The standard InChI is InChI=1S/C17H18N4O2/c1-10-17(21-16(18)23-10)8-11-4-3-5-12(13(11)9-17)14-15(22-2)20-7-6-19-14/h3-7,10H,8-9H2,1-2H3,(H2,18,21). The van der Waals surface area contributed by atoms with E-state index in [1.807, 2.05) is 13.0 Å². The number of rotatable bonds is 2. The SMILES string of the molecule is COc1nccnc1-c1cccc2c1CC1(C2)N=C(N)OC1C. The zero-order valence-corrected chi connectivity index (χ0v) is 13.1. The highest BCUT2D eigenvalue weighted by atomic mass is 16.5. The number of nitrogens with two attached hydrogens (primary N) is 1. The molecule has 1 aromatic heterocycles. The van der Waals surface area contributed by atoms with Crippen LogP contribution in [0.15, 0.2) is 35.6 Å². The Bertz CT molecular complexity index is 805. The Morgan fingerprint density at radius 2 is 2.09 bits per heavy atom. The molecule has 2 aliphatic rings. The van der Waals surface area contributed by atoms with E-state index in [1.54, 1.807) is 19.5 Å². The highest BCUT2D eigenvalue weighted by Gasteiger charge is 2.48. The number of aromatic nitrogens is 2. The van der Waals surface area contributed by atoms with Crippen molar-refractivity contribution >= 4 is 6.02 Å².